The number of anilines is 3. The standard InChI is InChI=1S/C27H34N6O4/c1-17(2)33-13-12-21(16-33)36-20-10-11-22(28-15-20)25(34)29-18-6-8-19(9-7-18)30-26(35)31-24-14-23(37-32-24)27(3,4)5/h6-11,14-15,17,21H,12-13,16H2,1-5H3,(H,29,34)(H2,30,31,32,35)/t21-/m1/s1. The molecule has 37 heavy (non-hydrogen) atoms. The lowest BCUT2D eigenvalue weighted by atomic mass is 9.93. The van der Waals surface area contributed by atoms with Crippen LogP contribution in [0.3, 0.4) is 0 Å². The molecule has 0 aliphatic carbocycles. The Kier molecular flexibility index (Phi) is 7.77. The highest BCUT2D eigenvalue weighted by molar-refractivity contribution is 6.03. The van der Waals surface area contributed by atoms with Crippen LogP contribution < -0.4 is 20.7 Å². The zero-order valence-electron chi connectivity index (χ0n) is 21.9. The van der Waals surface area contributed by atoms with Crippen LogP contribution in [0.1, 0.15) is 57.3 Å². The molecule has 1 saturated heterocycles. The molecule has 1 aliphatic rings. The lowest BCUT2D eigenvalue weighted by molar-refractivity contribution is 0.102. The van der Waals surface area contributed by atoms with E-state index in [0.29, 0.717) is 34.7 Å². The van der Waals surface area contributed by atoms with Crippen molar-refractivity contribution in [2.45, 2.75) is 58.6 Å². The molecule has 0 saturated carbocycles. The van der Waals surface area contributed by atoms with Crippen molar-refractivity contribution in [2.24, 2.45) is 0 Å². The number of urea groups is 1. The largest absolute Gasteiger partial charge is 0.487 e. The van der Waals surface area contributed by atoms with Crippen LogP contribution in [0.4, 0.5) is 22.0 Å². The first-order chi connectivity index (χ1) is 17.6. The Morgan fingerprint density at radius 2 is 1.76 bits per heavy atom. The van der Waals surface area contributed by atoms with E-state index in [9.17, 15) is 9.59 Å². The highest BCUT2D eigenvalue weighted by atomic mass is 16.5. The molecule has 4 rings (SSSR count). The summed E-state index contributed by atoms with van der Waals surface area (Å²) in [7, 11) is 0. The molecule has 2 aromatic heterocycles. The Morgan fingerprint density at radius 3 is 2.32 bits per heavy atom. The molecule has 3 heterocycles. The molecule has 0 bridgehead atoms. The van der Waals surface area contributed by atoms with Crippen molar-refractivity contribution in [3.05, 3.63) is 60.1 Å². The third-order valence-electron chi connectivity index (χ3n) is 6.07. The van der Waals surface area contributed by atoms with E-state index in [1.54, 1.807) is 48.7 Å². The van der Waals surface area contributed by atoms with E-state index in [4.69, 9.17) is 9.26 Å². The van der Waals surface area contributed by atoms with E-state index in [0.717, 1.165) is 19.5 Å². The van der Waals surface area contributed by atoms with Crippen molar-refractivity contribution >= 4 is 29.1 Å². The first-order valence-electron chi connectivity index (χ1n) is 12.4. The minimum absolute atomic E-state index is 0.134. The quantitative estimate of drug-likeness (QED) is 0.406. The molecule has 10 heteroatoms. The molecule has 3 aromatic rings. The number of pyridine rings is 1. The summed E-state index contributed by atoms with van der Waals surface area (Å²) < 4.78 is 11.3. The number of carbonyl (C=O) groups is 2. The molecule has 0 radical (unpaired) electrons. The number of likely N-dealkylation sites (tertiary alicyclic amines) is 1. The fourth-order valence-corrected chi connectivity index (χ4v) is 3.89. The number of aromatic nitrogens is 2. The summed E-state index contributed by atoms with van der Waals surface area (Å²) in [5, 5.41) is 12.0. The summed E-state index contributed by atoms with van der Waals surface area (Å²) in [5.41, 5.74) is 1.20. The maximum Gasteiger partial charge on any atom is 0.324 e. The number of carbonyl (C=O) groups excluding carboxylic acids is 2. The van der Waals surface area contributed by atoms with Crippen LogP contribution in [0.25, 0.3) is 0 Å². The van der Waals surface area contributed by atoms with Gasteiger partial charge < -0.3 is 19.9 Å². The molecule has 3 N–H and O–H groups in total. The third-order valence-corrected chi connectivity index (χ3v) is 6.07. The maximum atomic E-state index is 12.6. The van der Waals surface area contributed by atoms with Gasteiger partial charge in [-0.05, 0) is 56.7 Å². The number of rotatable bonds is 7. The van der Waals surface area contributed by atoms with Crippen LogP contribution in [0.5, 0.6) is 5.75 Å². The molecule has 1 aromatic carbocycles. The van der Waals surface area contributed by atoms with Gasteiger partial charge in [-0.1, -0.05) is 25.9 Å². The van der Waals surface area contributed by atoms with Gasteiger partial charge in [0.25, 0.3) is 5.91 Å². The SMILES string of the molecule is CC(C)N1CC[C@@H](Oc2ccc(C(=O)Nc3ccc(NC(=O)Nc4cc(C(C)(C)C)on4)cc3)nc2)C1. The lowest BCUT2D eigenvalue weighted by Crippen LogP contribution is -2.30. The van der Waals surface area contributed by atoms with Crippen molar-refractivity contribution in [2.75, 3.05) is 29.0 Å². The summed E-state index contributed by atoms with van der Waals surface area (Å²) >= 11 is 0. The van der Waals surface area contributed by atoms with E-state index < -0.39 is 6.03 Å². The molecule has 196 valence electrons. The molecule has 3 amide bonds. The molecule has 0 spiro atoms. The number of amides is 3. The van der Waals surface area contributed by atoms with Gasteiger partial charge >= 0.3 is 6.03 Å². The van der Waals surface area contributed by atoms with Gasteiger partial charge in [0.2, 0.25) is 0 Å². The molecule has 1 atom stereocenters. The number of ether oxygens (including phenoxy) is 1. The van der Waals surface area contributed by atoms with Crippen molar-refractivity contribution in [1.29, 1.82) is 0 Å². The van der Waals surface area contributed by atoms with Gasteiger partial charge in [0.15, 0.2) is 5.82 Å². The molecule has 1 fully saturated rings. The number of benzene rings is 1. The van der Waals surface area contributed by atoms with E-state index in [-0.39, 0.29) is 23.1 Å². The second-order valence-corrected chi connectivity index (χ2v) is 10.4. The van der Waals surface area contributed by atoms with E-state index in [1.165, 1.54) is 0 Å². The van der Waals surface area contributed by atoms with Crippen LogP contribution in [-0.4, -0.2) is 52.2 Å². The number of hydrogen-bond donors (Lipinski definition) is 3. The maximum absolute atomic E-state index is 12.6. The van der Waals surface area contributed by atoms with Crippen molar-refractivity contribution in [3.63, 3.8) is 0 Å². The van der Waals surface area contributed by atoms with Crippen LogP contribution in [-0.2, 0) is 5.41 Å². The Hall–Kier alpha value is -3.92. The fraction of sp³-hybridized carbons (Fsp3) is 0.407. The predicted octanol–water partition coefficient (Wildman–Crippen LogP) is 5.12. The first kappa shape index (κ1) is 26.2. The topological polar surface area (TPSA) is 122 Å². The van der Waals surface area contributed by atoms with Crippen molar-refractivity contribution < 1.29 is 18.8 Å². The zero-order chi connectivity index (χ0) is 26.6. The normalized spacial score (nSPS) is 16.0. The molecular weight excluding hydrogens is 472 g/mol. The molecule has 1 aliphatic heterocycles. The van der Waals surface area contributed by atoms with Gasteiger partial charge in [0.1, 0.15) is 23.3 Å². The van der Waals surface area contributed by atoms with Gasteiger partial charge in [-0.25, -0.2) is 9.78 Å². The molecular formula is C27H34N6O4. The minimum Gasteiger partial charge on any atom is -0.487 e. The second-order valence-electron chi connectivity index (χ2n) is 10.4. The lowest BCUT2D eigenvalue weighted by Gasteiger charge is -2.20. The van der Waals surface area contributed by atoms with Crippen molar-refractivity contribution in [1.82, 2.24) is 15.0 Å². The van der Waals surface area contributed by atoms with Gasteiger partial charge in [-0.15, -0.1) is 0 Å². The van der Waals surface area contributed by atoms with Crippen molar-refractivity contribution in [3.8, 4) is 5.75 Å². The van der Waals surface area contributed by atoms with E-state index in [1.807, 2.05) is 20.8 Å². The van der Waals surface area contributed by atoms with Crippen LogP contribution in [0.2, 0.25) is 0 Å². The highest BCUT2D eigenvalue weighted by Gasteiger charge is 2.25. The average Bonchev–Trinajstić information content (AvgIpc) is 3.51. The smallest absolute Gasteiger partial charge is 0.324 e. The zero-order valence-corrected chi connectivity index (χ0v) is 21.9. The Labute approximate surface area is 216 Å². The third kappa shape index (κ3) is 7.07. The Bertz CT molecular complexity index is 1210. The number of nitrogens with zero attached hydrogens (tertiary/aromatic N) is 3. The Morgan fingerprint density at radius 1 is 1.05 bits per heavy atom. The van der Waals surface area contributed by atoms with Gasteiger partial charge in [0.05, 0.1) is 6.20 Å². The second kappa shape index (κ2) is 11.0. The predicted molar refractivity (Wildman–Crippen MR) is 142 cm³/mol. The van der Waals surface area contributed by atoms with E-state index in [2.05, 4.69) is 44.8 Å². The van der Waals surface area contributed by atoms with Crippen LogP contribution >= 0.6 is 0 Å². The summed E-state index contributed by atoms with van der Waals surface area (Å²) in [6.45, 7) is 12.3. The fourth-order valence-electron chi connectivity index (χ4n) is 3.89. The number of nitrogens with one attached hydrogen (secondary N) is 3. The molecule has 10 nitrogen and oxygen atoms in total. The van der Waals surface area contributed by atoms with Crippen LogP contribution in [0, 0.1) is 0 Å². The van der Waals surface area contributed by atoms with Gasteiger partial charge in [-0.2, -0.15) is 0 Å². The Balaban J connectivity index is 1.26. The highest BCUT2D eigenvalue weighted by Crippen LogP contribution is 2.24. The van der Waals surface area contributed by atoms with Crippen LogP contribution in [0.15, 0.2) is 53.2 Å². The minimum atomic E-state index is -0.452. The summed E-state index contributed by atoms with van der Waals surface area (Å²) in [4.78, 5) is 31.5. The summed E-state index contributed by atoms with van der Waals surface area (Å²) in [6.07, 6.45) is 2.69. The first-order valence-corrected chi connectivity index (χ1v) is 12.4. The van der Waals surface area contributed by atoms with Gasteiger partial charge in [0, 0.05) is 42.0 Å². The average molecular weight is 507 g/mol. The molecule has 0 unspecified atom stereocenters. The number of hydrogen-bond acceptors (Lipinski definition) is 7. The summed E-state index contributed by atoms with van der Waals surface area (Å²) in [6, 6.07) is 11.9. The van der Waals surface area contributed by atoms with E-state index >= 15 is 0 Å². The van der Waals surface area contributed by atoms with Gasteiger partial charge in [-0.3, -0.25) is 15.0 Å². The monoisotopic (exact) mass is 506 g/mol. The summed E-state index contributed by atoms with van der Waals surface area (Å²) in [5.74, 6) is 1.32.